The van der Waals surface area contributed by atoms with E-state index in [1.165, 1.54) is 0 Å². The average molecular weight is 417 g/mol. The number of nitrogens with one attached hydrogen (secondary N) is 2. The number of imidazole rings is 1. The van der Waals surface area contributed by atoms with Gasteiger partial charge in [0, 0.05) is 12.0 Å². The number of sulfonamides is 1. The van der Waals surface area contributed by atoms with E-state index in [1.807, 2.05) is 31.2 Å². The van der Waals surface area contributed by atoms with Crippen molar-refractivity contribution < 1.29 is 13.5 Å². The number of rotatable bonds is 5. The van der Waals surface area contributed by atoms with E-state index in [0.717, 1.165) is 16.9 Å². The Hall–Kier alpha value is -2.30. The summed E-state index contributed by atoms with van der Waals surface area (Å²) in [5.74, 6) is 1.92. The molecule has 2 aromatic heterocycles. The lowest BCUT2D eigenvalue weighted by Crippen LogP contribution is -2.47. The van der Waals surface area contributed by atoms with E-state index in [-0.39, 0.29) is 11.2 Å². The first kappa shape index (κ1) is 18.7. The van der Waals surface area contributed by atoms with Gasteiger partial charge in [-0.15, -0.1) is 5.10 Å². The van der Waals surface area contributed by atoms with Crippen molar-refractivity contribution in [1.82, 2.24) is 29.5 Å². The van der Waals surface area contributed by atoms with Gasteiger partial charge in [0.15, 0.2) is 0 Å². The number of fused-ring (bicyclic) bond motifs is 1. The fraction of sp³-hybridized carbons (Fsp3) is 0.526. The summed E-state index contributed by atoms with van der Waals surface area (Å²) in [7, 11) is -3.37. The molecule has 3 N–H and O–H groups in total. The standard InChI is InChI=1S/C19H24N6O3S/c1-11-20-18(25(23-11)19-21-14-4-2-3-5-15(14)22-19)12-6-9-17(26)16(10-12)24-29(27,28)13-7-8-13/h2-5,12-13,16-17,24,26H,6-10H2,1H3,(H,21,22)/t12-,16+,17+/m0/s1. The Morgan fingerprint density at radius 2 is 1.97 bits per heavy atom. The first-order valence-corrected chi connectivity index (χ1v) is 11.5. The Morgan fingerprint density at radius 1 is 1.17 bits per heavy atom. The molecule has 0 aliphatic heterocycles. The SMILES string of the molecule is Cc1nc([C@H]2CC[C@@H](O)[C@H](NS(=O)(=O)C3CC3)C2)n(-c2nc3ccccc3[nH]2)n1. The second-order valence-corrected chi connectivity index (χ2v) is 10.0. The Labute approximate surface area is 168 Å². The highest BCUT2D eigenvalue weighted by atomic mass is 32.2. The Bertz CT molecular complexity index is 1120. The van der Waals surface area contributed by atoms with Crippen molar-refractivity contribution in [2.24, 2.45) is 0 Å². The number of aliphatic hydroxyl groups excluding tert-OH is 1. The molecule has 3 aromatic rings. The van der Waals surface area contributed by atoms with Gasteiger partial charge in [0.05, 0.1) is 22.4 Å². The molecule has 0 radical (unpaired) electrons. The highest BCUT2D eigenvalue weighted by Crippen LogP contribution is 2.35. The zero-order chi connectivity index (χ0) is 20.2. The molecular formula is C19H24N6O3S. The fourth-order valence-corrected chi connectivity index (χ4v) is 5.72. The maximum Gasteiger partial charge on any atom is 0.230 e. The van der Waals surface area contributed by atoms with E-state index in [4.69, 9.17) is 0 Å². The van der Waals surface area contributed by atoms with Crippen LogP contribution in [0.25, 0.3) is 17.0 Å². The molecule has 3 atom stereocenters. The minimum atomic E-state index is -3.37. The predicted molar refractivity (Wildman–Crippen MR) is 107 cm³/mol. The molecule has 0 bridgehead atoms. The van der Waals surface area contributed by atoms with Crippen LogP contribution >= 0.6 is 0 Å². The quantitative estimate of drug-likeness (QED) is 0.579. The molecule has 2 aliphatic rings. The molecular weight excluding hydrogens is 392 g/mol. The van der Waals surface area contributed by atoms with E-state index < -0.39 is 22.2 Å². The van der Waals surface area contributed by atoms with Crippen LogP contribution in [-0.2, 0) is 10.0 Å². The normalized spacial score (nSPS) is 25.5. The third-order valence-electron chi connectivity index (χ3n) is 5.77. The van der Waals surface area contributed by atoms with Crippen LogP contribution in [0.3, 0.4) is 0 Å². The van der Waals surface area contributed by atoms with Crippen LogP contribution < -0.4 is 4.72 Å². The summed E-state index contributed by atoms with van der Waals surface area (Å²) in [6, 6.07) is 7.24. The van der Waals surface area contributed by atoms with Gasteiger partial charge in [-0.05, 0) is 51.2 Å². The van der Waals surface area contributed by atoms with E-state index in [0.29, 0.717) is 43.9 Å². The van der Waals surface area contributed by atoms with Gasteiger partial charge in [0.1, 0.15) is 11.6 Å². The molecule has 29 heavy (non-hydrogen) atoms. The van der Waals surface area contributed by atoms with Gasteiger partial charge in [0.25, 0.3) is 0 Å². The number of hydrogen-bond donors (Lipinski definition) is 3. The molecule has 0 spiro atoms. The fourth-order valence-electron chi connectivity index (χ4n) is 4.09. The van der Waals surface area contributed by atoms with Gasteiger partial charge in [-0.25, -0.2) is 23.1 Å². The number of aliphatic hydroxyl groups is 1. The molecule has 0 unspecified atom stereocenters. The topological polar surface area (TPSA) is 126 Å². The lowest BCUT2D eigenvalue weighted by atomic mass is 9.83. The molecule has 2 aliphatic carbocycles. The number of aromatic amines is 1. The average Bonchev–Trinajstić information content (AvgIpc) is 3.36. The molecule has 10 heteroatoms. The molecule has 2 saturated carbocycles. The minimum absolute atomic E-state index is 0.0280. The molecule has 0 saturated heterocycles. The van der Waals surface area contributed by atoms with Gasteiger partial charge in [-0.2, -0.15) is 4.68 Å². The van der Waals surface area contributed by atoms with Crippen LogP contribution in [0.4, 0.5) is 0 Å². The van der Waals surface area contributed by atoms with Gasteiger partial charge >= 0.3 is 0 Å². The Kier molecular flexibility index (Phi) is 4.45. The lowest BCUT2D eigenvalue weighted by molar-refractivity contribution is 0.0917. The van der Waals surface area contributed by atoms with Crippen LogP contribution in [0.1, 0.15) is 49.7 Å². The van der Waals surface area contributed by atoms with Crippen LogP contribution in [-0.4, -0.2) is 55.7 Å². The summed E-state index contributed by atoms with van der Waals surface area (Å²) in [5.41, 5.74) is 1.76. The van der Waals surface area contributed by atoms with Gasteiger partial charge < -0.3 is 10.1 Å². The second-order valence-electron chi connectivity index (χ2n) is 8.05. The van der Waals surface area contributed by atoms with Crippen LogP contribution in [0.2, 0.25) is 0 Å². The molecule has 0 amide bonds. The summed E-state index contributed by atoms with van der Waals surface area (Å²) < 4.78 is 29.2. The summed E-state index contributed by atoms with van der Waals surface area (Å²) in [5, 5.41) is 14.6. The van der Waals surface area contributed by atoms with E-state index in [2.05, 4.69) is 24.8 Å². The number of hydrogen-bond acceptors (Lipinski definition) is 6. The third-order valence-corrected chi connectivity index (χ3v) is 7.75. The molecule has 2 fully saturated rings. The molecule has 9 nitrogen and oxygen atoms in total. The largest absolute Gasteiger partial charge is 0.391 e. The third kappa shape index (κ3) is 3.56. The van der Waals surface area contributed by atoms with E-state index >= 15 is 0 Å². The Morgan fingerprint density at radius 3 is 2.72 bits per heavy atom. The van der Waals surface area contributed by atoms with Crippen molar-refractivity contribution >= 4 is 21.1 Å². The number of nitrogens with zero attached hydrogens (tertiary/aromatic N) is 4. The van der Waals surface area contributed by atoms with Crippen LogP contribution in [0.15, 0.2) is 24.3 Å². The highest BCUT2D eigenvalue weighted by molar-refractivity contribution is 7.90. The van der Waals surface area contributed by atoms with Crippen molar-refractivity contribution in [2.75, 3.05) is 0 Å². The van der Waals surface area contributed by atoms with Crippen molar-refractivity contribution in [3.8, 4) is 5.95 Å². The number of para-hydroxylation sites is 2. The van der Waals surface area contributed by atoms with Crippen molar-refractivity contribution in [2.45, 2.75) is 62.3 Å². The first-order chi connectivity index (χ1) is 13.9. The number of benzene rings is 1. The number of aromatic nitrogens is 5. The lowest BCUT2D eigenvalue weighted by Gasteiger charge is -2.33. The predicted octanol–water partition coefficient (Wildman–Crippen LogP) is 1.53. The maximum absolute atomic E-state index is 12.4. The Balaban J connectivity index is 1.44. The van der Waals surface area contributed by atoms with Crippen LogP contribution in [0.5, 0.6) is 0 Å². The monoisotopic (exact) mass is 416 g/mol. The number of H-pyrrole nitrogens is 1. The van der Waals surface area contributed by atoms with Crippen molar-refractivity contribution in [3.05, 3.63) is 35.9 Å². The van der Waals surface area contributed by atoms with E-state index in [1.54, 1.807) is 4.68 Å². The maximum atomic E-state index is 12.4. The van der Waals surface area contributed by atoms with E-state index in [9.17, 15) is 13.5 Å². The smallest absolute Gasteiger partial charge is 0.230 e. The number of aryl methyl sites for hydroxylation is 1. The molecule has 2 heterocycles. The summed E-state index contributed by atoms with van der Waals surface area (Å²) in [6.45, 7) is 1.83. The highest BCUT2D eigenvalue weighted by Gasteiger charge is 2.41. The molecule has 154 valence electrons. The molecule has 5 rings (SSSR count). The van der Waals surface area contributed by atoms with Crippen molar-refractivity contribution in [3.63, 3.8) is 0 Å². The van der Waals surface area contributed by atoms with Crippen LogP contribution in [0, 0.1) is 6.92 Å². The zero-order valence-corrected chi connectivity index (χ0v) is 16.9. The summed E-state index contributed by atoms with van der Waals surface area (Å²) >= 11 is 0. The van der Waals surface area contributed by atoms with Gasteiger partial charge in [-0.1, -0.05) is 12.1 Å². The summed E-state index contributed by atoms with van der Waals surface area (Å²) in [4.78, 5) is 12.5. The first-order valence-electron chi connectivity index (χ1n) is 9.98. The second kappa shape index (κ2) is 6.89. The van der Waals surface area contributed by atoms with Gasteiger partial charge in [0.2, 0.25) is 16.0 Å². The zero-order valence-electron chi connectivity index (χ0n) is 16.1. The van der Waals surface area contributed by atoms with Gasteiger partial charge in [-0.3, -0.25) is 0 Å². The van der Waals surface area contributed by atoms with Crippen molar-refractivity contribution in [1.29, 1.82) is 0 Å². The molecule has 1 aromatic carbocycles. The summed E-state index contributed by atoms with van der Waals surface area (Å²) in [6.07, 6.45) is 2.40. The minimum Gasteiger partial charge on any atom is -0.391 e.